The lowest BCUT2D eigenvalue weighted by atomic mass is 9.89. The molecule has 2 unspecified atom stereocenters. The van der Waals surface area contributed by atoms with E-state index in [1.165, 1.54) is 12.1 Å². The molecule has 6 heteroatoms. The highest BCUT2D eigenvalue weighted by Gasteiger charge is 2.21. The maximum atomic E-state index is 12.3. The molecule has 1 aromatic carbocycles. The van der Waals surface area contributed by atoms with Crippen LogP contribution in [0.25, 0.3) is 0 Å². The van der Waals surface area contributed by atoms with Gasteiger partial charge in [-0.05, 0) is 37.3 Å². The van der Waals surface area contributed by atoms with Gasteiger partial charge < -0.3 is 10.1 Å². The molecule has 1 fully saturated rings. The summed E-state index contributed by atoms with van der Waals surface area (Å²) in [6.07, 6.45) is 3.96. The second kappa shape index (κ2) is 7.59. The molecule has 0 bridgehead atoms. The van der Waals surface area contributed by atoms with Crippen LogP contribution in [0.5, 0.6) is 5.75 Å². The minimum absolute atomic E-state index is 0.108. The minimum Gasteiger partial charge on any atom is -0.434 e. The predicted octanol–water partition coefficient (Wildman–Crippen LogP) is 3.82. The van der Waals surface area contributed by atoms with Crippen molar-refractivity contribution in [3.8, 4) is 5.75 Å². The van der Waals surface area contributed by atoms with E-state index in [1.807, 2.05) is 0 Å². The van der Waals surface area contributed by atoms with E-state index in [0.29, 0.717) is 12.5 Å². The normalized spacial score (nSPS) is 22.1. The van der Waals surface area contributed by atoms with Crippen LogP contribution in [0.2, 0.25) is 0 Å². The molecule has 1 saturated carbocycles. The fourth-order valence-electron chi connectivity index (χ4n) is 2.60. The van der Waals surface area contributed by atoms with Gasteiger partial charge in [-0.1, -0.05) is 18.6 Å². The Balaban J connectivity index is 1.94. The zero-order valence-corrected chi connectivity index (χ0v) is 12.3. The number of nitrogens with one attached hydrogen (secondary N) is 1. The molecule has 1 amide bonds. The quantitative estimate of drug-likeness (QED) is 0.839. The van der Waals surface area contributed by atoms with E-state index in [2.05, 4.69) is 10.1 Å². The molecule has 21 heavy (non-hydrogen) atoms. The van der Waals surface area contributed by atoms with Crippen LogP contribution in [0.3, 0.4) is 0 Å². The van der Waals surface area contributed by atoms with Gasteiger partial charge in [-0.3, -0.25) is 4.79 Å². The van der Waals surface area contributed by atoms with Crippen LogP contribution in [0.1, 0.15) is 36.0 Å². The van der Waals surface area contributed by atoms with Crippen molar-refractivity contribution in [1.29, 1.82) is 0 Å². The third-order valence-electron chi connectivity index (χ3n) is 3.62. The van der Waals surface area contributed by atoms with E-state index >= 15 is 0 Å². The van der Waals surface area contributed by atoms with Crippen LogP contribution in [0, 0.1) is 5.92 Å². The van der Waals surface area contributed by atoms with Gasteiger partial charge >= 0.3 is 6.61 Å². The highest BCUT2D eigenvalue weighted by Crippen LogP contribution is 2.27. The third kappa shape index (κ3) is 4.84. The van der Waals surface area contributed by atoms with E-state index in [4.69, 9.17) is 11.6 Å². The molecule has 0 spiro atoms. The molecule has 2 rings (SSSR count). The molecule has 0 heterocycles. The average Bonchev–Trinajstić information content (AvgIpc) is 2.45. The number of hydrogen-bond acceptors (Lipinski definition) is 2. The smallest absolute Gasteiger partial charge is 0.387 e. The molecule has 0 radical (unpaired) electrons. The summed E-state index contributed by atoms with van der Waals surface area (Å²) in [5.74, 6) is -0.166. The largest absolute Gasteiger partial charge is 0.434 e. The molecule has 0 saturated heterocycles. The summed E-state index contributed by atoms with van der Waals surface area (Å²) in [6.45, 7) is -2.44. The standard InChI is InChI=1S/C15H18ClF2NO2/c16-11-5-3-4-10(8-11)9-19-14(20)12-6-1-2-7-13(12)21-15(17)18/h1-2,6-7,10-11,15H,3-5,8-9H2,(H,19,20). The second-order valence-corrected chi connectivity index (χ2v) is 5.83. The molecule has 1 aliphatic rings. The lowest BCUT2D eigenvalue weighted by Crippen LogP contribution is -2.32. The Bertz CT molecular complexity index is 484. The highest BCUT2D eigenvalue weighted by atomic mass is 35.5. The molecule has 1 N–H and O–H groups in total. The van der Waals surface area contributed by atoms with Crippen LogP contribution in [-0.4, -0.2) is 24.4 Å². The van der Waals surface area contributed by atoms with Crippen LogP contribution in [-0.2, 0) is 0 Å². The number of carbonyl (C=O) groups is 1. The van der Waals surface area contributed by atoms with Gasteiger partial charge in [-0.25, -0.2) is 0 Å². The summed E-state index contributed by atoms with van der Waals surface area (Å²) >= 11 is 6.11. The Labute approximate surface area is 127 Å². The number of amides is 1. The van der Waals surface area contributed by atoms with Gasteiger partial charge in [0.05, 0.1) is 5.56 Å². The van der Waals surface area contributed by atoms with E-state index in [-0.39, 0.29) is 16.7 Å². The number of benzene rings is 1. The Morgan fingerprint density at radius 2 is 2.14 bits per heavy atom. The van der Waals surface area contributed by atoms with Gasteiger partial charge in [0.15, 0.2) is 0 Å². The van der Waals surface area contributed by atoms with Crippen LogP contribution >= 0.6 is 11.6 Å². The first-order valence-electron chi connectivity index (χ1n) is 7.02. The minimum atomic E-state index is -2.95. The van der Waals surface area contributed by atoms with Crippen LogP contribution in [0.15, 0.2) is 24.3 Å². The zero-order valence-electron chi connectivity index (χ0n) is 11.5. The molecule has 1 aliphatic carbocycles. The first-order valence-corrected chi connectivity index (χ1v) is 7.46. The first kappa shape index (κ1) is 16.0. The molecule has 0 aromatic heterocycles. The second-order valence-electron chi connectivity index (χ2n) is 5.21. The molecule has 3 nitrogen and oxygen atoms in total. The SMILES string of the molecule is O=C(NCC1CCCC(Cl)C1)c1ccccc1OC(F)F. The Hall–Kier alpha value is -1.36. The molecule has 1 aromatic rings. The number of rotatable bonds is 5. The van der Waals surface area contributed by atoms with Gasteiger partial charge in [0.25, 0.3) is 5.91 Å². The number of hydrogen-bond donors (Lipinski definition) is 1. The summed E-state index contributed by atoms with van der Waals surface area (Å²) < 4.78 is 29.0. The number of halogens is 3. The van der Waals surface area contributed by atoms with E-state index in [0.717, 1.165) is 25.7 Å². The van der Waals surface area contributed by atoms with Crippen molar-refractivity contribution in [2.24, 2.45) is 5.92 Å². The number of carbonyl (C=O) groups excluding carboxylic acids is 1. The average molecular weight is 318 g/mol. The fourth-order valence-corrected chi connectivity index (χ4v) is 3.00. The van der Waals surface area contributed by atoms with Gasteiger partial charge in [-0.2, -0.15) is 8.78 Å². The Kier molecular flexibility index (Phi) is 5.79. The molecule has 2 atom stereocenters. The predicted molar refractivity (Wildman–Crippen MR) is 77.0 cm³/mol. The fraction of sp³-hybridized carbons (Fsp3) is 0.533. The van der Waals surface area contributed by atoms with Crippen molar-refractivity contribution < 1.29 is 18.3 Å². The lowest BCUT2D eigenvalue weighted by molar-refractivity contribution is -0.0501. The summed E-state index contributed by atoms with van der Waals surface area (Å²) in [5, 5.41) is 2.94. The first-order chi connectivity index (χ1) is 10.1. The monoisotopic (exact) mass is 317 g/mol. The Morgan fingerprint density at radius 3 is 2.86 bits per heavy atom. The summed E-state index contributed by atoms with van der Waals surface area (Å²) in [6, 6.07) is 5.99. The van der Waals surface area contributed by atoms with E-state index in [1.54, 1.807) is 12.1 Å². The van der Waals surface area contributed by atoms with Gasteiger partial charge in [0.2, 0.25) is 0 Å². The molecular formula is C15H18ClF2NO2. The lowest BCUT2D eigenvalue weighted by Gasteiger charge is -2.25. The topological polar surface area (TPSA) is 38.3 Å². The van der Waals surface area contributed by atoms with Crippen molar-refractivity contribution in [3.63, 3.8) is 0 Å². The molecule has 0 aliphatic heterocycles. The third-order valence-corrected chi connectivity index (χ3v) is 4.01. The molecule has 116 valence electrons. The number of para-hydroxylation sites is 1. The van der Waals surface area contributed by atoms with Crippen LogP contribution < -0.4 is 10.1 Å². The van der Waals surface area contributed by atoms with Crippen molar-refractivity contribution >= 4 is 17.5 Å². The van der Waals surface area contributed by atoms with Crippen LogP contribution in [0.4, 0.5) is 8.78 Å². The van der Waals surface area contributed by atoms with E-state index in [9.17, 15) is 13.6 Å². The van der Waals surface area contributed by atoms with Gasteiger partial charge in [-0.15, -0.1) is 11.6 Å². The van der Waals surface area contributed by atoms with E-state index < -0.39 is 12.5 Å². The number of ether oxygens (including phenoxy) is 1. The van der Waals surface area contributed by atoms with Crippen molar-refractivity contribution in [2.45, 2.75) is 37.7 Å². The van der Waals surface area contributed by atoms with Crippen molar-refractivity contribution in [1.82, 2.24) is 5.32 Å². The Morgan fingerprint density at radius 1 is 1.38 bits per heavy atom. The van der Waals surface area contributed by atoms with Gasteiger partial charge in [0, 0.05) is 11.9 Å². The summed E-state index contributed by atoms with van der Waals surface area (Å²) in [5.41, 5.74) is 0.121. The molecular weight excluding hydrogens is 300 g/mol. The highest BCUT2D eigenvalue weighted by molar-refractivity contribution is 6.20. The summed E-state index contributed by atoms with van der Waals surface area (Å²) in [7, 11) is 0. The maximum absolute atomic E-state index is 12.3. The van der Waals surface area contributed by atoms with Gasteiger partial charge in [0.1, 0.15) is 5.75 Å². The van der Waals surface area contributed by atoms with Crippen molar-refractivity contribution in [2.75, 3.05) is 6.54 Å². The maximum Gasteiger partial charge on any atom is 0.387 e. The van der Waals surface area contributed by atoms with Crippen molar-refractivity contribution in [3.05, 3.63) is 29.8 Å². The summed E-state index contributed by atoms with van der Waals surface area (Å²) in [4.78, 5) is 12.1. The zero-order chi connectivity index (χ0) is 15.2. The number of alkyl halides is 3.